The number of rotatable bonds is 6. The average Bonchev–Trinajstić information content (AvgIpc) is 2.62. The zero-order chi connectivity index (χ0) is 17.6. The van der Waals surface area contributed by atoms with E-state index in [-0.39, 0.29) is 12.3 Å². The summed E-state index contributed by atoms with van der Waals surface area (Å²) in [5.41, 5.74) is 0.533. The van der Waals surface area contributed by atoms with Crippen LogP contribution in [-0.4, -0.2) is 0 Å². The van der Waals surface area contributed by atoms with Crippen LogP contribution in [0.4, 0.5) is 0 Å². The van der Waals surface area contributed by atoms with Crippen LogP contribution in [0.15, 0.2) is 61.2 Å². The molecule has 0 radical (unpaired) electrons. The molecular formula is C20H16Cl2N2. The third-order valence-corrected chi connectivity index (χ3v) is 4.80. The quantitative estimate of drug-likeness (QED) is 0.603. The van der Waals surface area contributed by atoms with Gasteiger partial charge in [-0.2, -0.15) is 10.5 Å². The van der Waals surface area contributed by atoms with Crippen LogP contribution in [0.5, 0.6) is 0 Å². The summed E-state index contributed by atoms with van der Waals surface area (Å²) in [6.45, 7) is 3.78. The van der Waals surface area contributed by atoms with Crippen LogP contribution in [0.25, 0.3) is 0 Å². The summed E-state index contributed by atoms with van der Waals surface area (Å²) in [6, 6.07) is 19.3. The second-order valence-electron chi connectivity index (χ2n) is 5.61. The van der Waals surface area contributed by atoms with E-state index < -0.39 is 5.41 Å². The monoisotopic (exact) mass is 354 g/mol. The van der Waals surface area contributed by atoms with Crippen LogP contribution in [0.3, 0.4) is 0 Å². The van der Waals surface area contributed by atoms with Gasteiger partial charge in [-0.25, -0.2) is 0 Å². The second-order valence-corrected chi connectivity index (χ2v) is 6.42. The van der Waals surface area contributed by atoms with Gasteiger partial charge in [0.25, 0.3) is 0 Å². The van der Waals surface area contributed by atoms with Gasteiger partial charge in [-0.3, -0.25) is 0 Å². The molecule has 2 nitrogen and oxygen atoms in total. The molecule has 0 spiro atoms. The molecule has 1 atom stereocenters. The average molecular weight is 355 g/mol. The van der Waals surface area contributed by atoms with Gasteiger partial charge in [0.05, 0.1) is 22.2 Å². The van der Waals surface area contributed by atoms with E-state index in [1.807, 2.05) is 30.3 Å². The van der Waals surface area contributed by atoms with Crippen molar-refractivity contribution in [2.24, 2.45) is 5.41 Å². The first-order valence-electron chi connectivity index (χ1n) is 7.48. The van der Waals surface area contributed by atoms with Crippen molar-refractivity contribution < 1.29 is 0 Å². The Bertz CT molecular complexity index is 787. The fourth-order valence-electron chi connectivity index (χ4n) is 2.83. The molecule has 0 heterocycles. The lowest BCUT2D eigenvalue weighted by Crippen LogP contribution is -2.28. The van der Waals surface area contributed by atoms with E-state index in [2.05, 4.69) is 18.7 Å². The van der Waals surface area contributed by atoms with Crippen molar-refractivity contribution >= 4 is 23.2 Å². The first-order valence-corrected chi connectivity index (χ1v) is 8.24. The van der Waals surface area contributed by atoms with Crippen molar-refractivity contribution in [3.63, 3.8) is 0 Å². The van der Waals surface area contributed by atoms with Crippen LogP contribution in [0, 0.1) is 28.1 Å². The van der Waals surface area contributed by atoms with Gasteiger partial charge in [0.1, 0.15) is 0 Å². The lowest BCUT2D eigenvalue weighted by atomic mass is 9.69. The van der Waals surface area contributed by atoms with Crippen LogP contribution >= 0.6 is 23.2 Å². The number of benzene rings is 2. The van der Waals surface area contributed by atoms with Crippen LogP contribution in [0.2, 0.25) is 10.0 Å². The van der Waals surface area contributed by atoms with E-state index in [1.54, 1.807) is 24.3 Å². The van der Waals surface area contributed by atoms with E-state index in [9.17, 15) is 10.5 Å². The van der Waals surface area contributed by atoms with Crippen molar-refractivity contribution in [2.75, 3.05) is 0 Å². The molecule has 0 N–H and O–H groups in total. The van der Waals surface area contributed by atoms with Crippen molar-refractivity contribution in [3.8, 4) is 12.1 Å². The minimum Gasteiger partial charge on any atom is -0.197 e. The first-order chi connectivity index (χ1) is 11.6. The van der Waals surface area contributed by atoms with E-state index in [4.69, 9.17) is 23.2 Å². The maximum Gasteiger partial charge on any atom is 0.154 e. The molecule has 0 amide bonds. The van der Waals surface area contributed by atoms with E-state index in [1.165, 1.54) is 0 Å². The number of nitrogens with zero attached hydrogens (tertiary/aromatic N) is 2. The highest BCUT2D eigenvalue weighted by Gasteiger charge is 2.40. The first kappa shape index (κ1) is 18.1. The largest absolute Gasteiger partial charge is 0.197 e. The number of halogens is 2. The summed E-state index contributed by atoms with van der Waals surface area (Å²) < 4.78 is 0. The summed E-state index contributed by atoms with van der Waals surface area (Å²) in [4.78, 5) is 0. The van der Waals surface area contributed by atoms with Crippen molar-refractivity contribution in [2.45, 2.75) is 18.8 Å². The molecule has 4 heteroatoms. The summed E-state index contributed by atoms with van der Waals surface area (Å²) >= 11 is 12.0. The maximum absolute atomic E-state index is 9.85. The van der Waals surface area contributed by atoms with Crippen LogP contribution in [0.1, 0.15) is 23.5 Å². The molecule has 2 aromatic rings. The fourth-order valence-corrected chi connectivity index (χ4v) is 3.15. The molecule has 0 fully saturated rings. The summed E-state index contributed by atoms with van der Waals surface area (Å²) in [5.74, 6) is -0.277. The maximum atomic E-state index is 9.85. The third-order valence-electron chi connectivity index (χ3n) is 4.07. The predicted octanol–water partition coefficient (Wildman–Crippen LogP) is 5.93. The van der Waals surface area contributed by atoms with Crippen molar-refractivity contribution in [1.29, 1.82) is 10.5 Å². The highest BCUT2D eigenvalue weighted by atomic mass is 35.5. The number of allylic oxidation sites excluding steroid dienone is 1. The Labute approximate surface area is 152 Å². The number of hydrogen-bond donors (Lipinski definition) is 0. The zero-order valence-electron chi connectivity index (χ0n) is 13.0. The van der Waals surface area contributed by atoms with E-state index >= 15 is 0 Å². The Kier molecular flexibility index (Phi) is 6.04. The molecule has 24 heavy (non-hydrogen) atoms. The number of hydrogen-bond acceptors (Lipinski definition) is 2. The lowest BCUT2D eigenvalue weighted by Gasteiger charge is -2.29. The Morgan fingerprint density at radius 1 is 1.04 bits per heavy atom. The highest BCUT2D eigenvalue weighted by Crippen LogP contribution is 2.41. The Balaban J connectivity index is 2.48. The lowest BCUT2D eigenvalue weighted by molar-refractivity contribution is 0.408. The Hall–Kier alpha value is -2.26. The Morgan fingerprint density at radius 3 is 2.25 bits per heavy atom. The molecular weight excluding hydrogens is 339 g/mol. The minimum atomic E-state index is -1.22. The minimum absolute atomic E-state index is 0.268. The summed E-state index contributed by atoms with van der Waals surface area (Å²) in [7, 11) is 0. The van der Waals surface area contributed by atoms with Gasteiger partial charge in [0, 0.05) is 12.3 Å². The zero-order valence-corrected chi connectivity index (χ0v) is 14.6. The highest BCUT2D eigenvalue weighted by molar-refractivity contribution is 6.42. The van der Waals surface area contributed by atoms with E-state index in [0.29, 0.717) is 16.5 Å². The topological polar surface area (TPSA) is 47.6 Å². The van der Waals surface area contributed by atoms with Gasteiger partial charge >= 0.3 is 0 Å². The number of nitriles is 2. The molecule has 0 bridgehead atoms. The third kappa shape index (κ3) is 3.80. The van der Waals surface area contributed by atoms with Gasteiger partial charge in [-0.15, -0.1) is 6.58 Å². The molecule has 0 aliphatic heterocycles. The second kappa shape index (κ2) is 8.02. The summed E-state index contributed by atoms with van der Waals surface area (Å²) in [6.07, 6.45) is 2.55. The SMILES string of the molecule is C=CCC(c1ccccc1)C(C#N)(C#N)Cc1ccc(Cl)c(Cl)c1. The van der Waals surface area contributed by atoms with E-state index in [0.717, 1.165) is 11.1 Å². The Morgan fingerprint density at radius 2 is 1.71 bits per heavy atom. The van der Waals surface area contributed by atoms with Gasteiger partial charge in [-0.05, 0) is 29.7 Å². The van der Waals surface area contributed by atoms with Crippen molar-refractivity contribution in [1.82, 2.24) is 0 Å². The fraction of sp³-hybridized carbons (Fsp3) is 0.200. The van der Waals surface area contributed by atoms with Crippen LogP contribution < -0.4 is 0 Å². The molecule has 120 valence electrons. The van der Waals surface area contributed by atoms with Gasteiger partial charge in [0.2, 0.25) is 0 Å². The van der Waals surface area contributed by atoms with Crippen LogP contribution in [-0.2, 0) is 6.42 Å². The summed E-state index contributed by atoms with van der Waals surface area (Å²) in [5, 5.41) is 20.6. The standard InChI is InChI=1S/C20H16Cl2N2/c1-2-6-17(16-7-4-3-5-8-16)20(13-23,14-24)12-15-9-10-18(21)19(22)11-15/h2-5,7-11,17H,1,6,12H2. The van der Waals surface area contributed by atoms with Crippen molar-refractivity contribution in [3.05, 3.63) is 82.4 Å². The smallest absolute Gasteiger partial charge is 0.154 e. The normalized spacial score (nSPS) is 12.0. The van der Waals surface area contributed by atoms with Gasteiger partial charge < -0.3 is 0 Å². The molecule has 0 saturated carbocycles. The molecule has 0 aliphatic carbocycles. The van der Waals surface area contributed by atoms with Gasteiger partial charge in [0.15, 0.2) is 5.41 Å². The molecule has 1 unspecified atom stereocenters. The molecule has 0 saturated heterocycles. The molecule has 0 aromatic heterocycles. The molecule has 0 aliphatic rings. The predicted molar refractivity (Wildman–Crippen MR) is 97.8 cm³/mol. The molecule has 2 aromatic carbocycles. The van der Waals surface area contributed by atoms with Gasteiger partial charge in [-0.1, -0.05) is 65.7 Å². The molecule has 2 rings (SSSR count).